The maximum atomic E-state index is 11.3. The van der Waals surface area contributed by atoms with Crippen molar-refractivity contribution in [2.75, 3.05) is 12.9 Å². The number of imidazole rings is 1. The highest BCUT2D eigenvalue weighted by Crippen LogP contribution is 2.26. The second kappa shape index (κ2) is 10.9. The zero-order valence-corrected chi connectivity index (χ0v) is 17.7. The van der Waals surface area contributed by atoms with Gasteiger partial charge in [0.2, 0.25) is 0 Å². The molecule has 1 unspecified atom stereocenters. The zero-order chi connectivity index (χ0) is 19.7. The molecular weight excluding hydrogens is 388 g/mol. The Morgan fingerprint density at radius 3 is 2.48 bits per heavy atom. The average Bonchev–Trinajstić information content (AvgIpc) is 3.04. The lowest BCUT2D eigenvalue weighted by Gasteiger charge is -2.19. The van der Waals surface area contributed by atoms with Crippen molar-refractivity contribution >= 4 is 32.9 Å². The van der Waals surface area contributed by atoms with Gasteiger partial charge in [-0.2, -0.15) is 8.42 Å². The van der Waals surface area contributed by atoms with Gasteiger partial charge in [0.1, 0.15) is 11.8 Å². The molecule has 0 radical (unpaired) electrons. The number of fused-ring (bicyclic) bond motifs is 1. The van der Waals surface area contributed by atoms with Crippen molar-refractivity contribution in [2.24, 2.45) is 0 Å². The number of aromatic nitrogens is 4. The van der Waals surface area contributed by atoms with Crippen LogP contribution in [0.4, 0.5) is 0 Å². The summed E-state index contributed by atoms with van der Waals surface area (Å²) in [5.41, 5.74) is 1.23. The molecule has 27 heavy (non-hydrogen) atoms. The number of rotatable bonds is 13. The number of nitrogens with zero attached hydrogens (tertiary/aromatic N) is 4. The molecular formula is C18H29ClN4O3S. The minimum absolute atomic E-state index is 0.0540. The minimum atomic E-state index is -3.45. The van der Waals surface area contributed by atoms with Crippen molar-refractivity contribution in [2.45, 2.75) is 70.8 Å². The molecule has 0 amide bonds. The predicted octanol–water partition coefficient (Wildman–Crippen LogP) is 4.53. The van der Waals surface area contributed by atoms with E-state index in [4.69, 9.17) is 15.8 Å². The maximum Gasteiger partial charge on any atom is 0.264 e. The van der Waals surface area contributed by atoms with Gasteiger partial charge < -0.3 is 4.57 Å². The molecule has 2 heterocycles. The molecule has 1 atom stereocenters. The van der Waals surface area contributed by atoms with E-state index in [0.29, 0.717) is 22.7 Å². The van der Waals surface area contributed by atoms with Crippen molar-refractivity contribution in [1.82, 2.24) is 19.5 Å². The fourth-order valence-corrected chi connectivity index (χ4v) is 3.76. The van der Waals surface area contributed by atoms with Gasteiger partial charge in [0.15, 0.2) is 10.8 Å². The maximum absolute atomic E-state index is 11.3. The molecule has 0 saturated heterocycles. The predicted molar refractivity (Wildman–Crippen MR) is 107 cm³/mol. The van der Waals surface area contributed by atoms with E-state index in [1.54, 1.807) is 6.33 Å². The van der Waals surface area contributed by atoms with Crippen molar-refractivity contribution in [3.8, 4) is 0 Å². The molecule has 0 aliphatic carbocycles. The Hall–Kier alpha value is -1.25. The molecule has 0 aromatic carbocycles. The normalized spacial score (nSPS) is 13.3. The molecule has 0 N–H and O–H groups in total. The number of unbranched alkanes of at least 4 members (excludes halogenated alkanes) is 6. The molecule has 152 valence electrons. The lowest BCUT2D eigenvalue weighted by atomic mass is 10.0. The molecule has 0 aliphatic rings. The van der Waals surface area contributed by atoms with Crippen molar-refractivity contribution in [3.05, 3.63) is 17.8 Å². The Balaban J connectivity index is 1.99. The van der Waals surface area contributed by atoms with Gasteiger partial charge in [0, 0.05) is 6.04 Å². The minimum Gasteiger partial charge on any atom is -0.312 e. The summed E-state index contributed by atoms with van der Waals surface area (Å²) in [4.78, 5) is 12.6. The Morgan fingerprint density at radius 1 is 1.07 bits per heavy atom. The van der Waals surface area contributed by atoms with E-state index in [0.717, 1.165) is 25.5 Å². The third-order valence-electron chi connectivity index (χ3n) is 4.60. The van der Waals surface area contributed by atoms with Crippen LogP contribution in [0.5, 0.6) is 0 Å². The molecule has 7 nitrogen and oxygen atoms in total. The summed E-state index contributed by atoms with van der Waals surface area (Å²) in [6.07, 6.45) is 14.2. The van der Waals surface area contributed by atoms with Gasteiger partial charge in [0.25, 0.3) is 10.1 Å². The summed E-state index contributed by atoms with van der Waals surface area (Å²) in [5, 5.41) is 0.320. The van der Waals surface area contributed by atoms with E-state index < -0.39 is 10.1 Å². The van der Waals surface area contributed by atoms with E-state index in [-0.39, 0.29) is 12.6 Å². The largest absolute Gasteiger partial charge is 0.312 e. The number of hydrogen-bond donors (Lipinski definition) is 0. The molecule has 0 saturated carbocycles. The molecule has 0 spiro atoms. The first-order valence-electron chi connectivity index (χ1n) is 9.59. The summed E-state index contributed by atoms with van der Waals surface area (Å²) in [5.74, 6) is 0. The van der Waals surface area contributed by atoms with Crippen LogP contribution in [0.3, 0.4) is 0 Å². The van der Waals surface area contributed by atoms with Crippen LogP contribution in [0.25, 0.3) is 11.2 Å². The van der Waals surface area contributed by atoms with Gasteiger partial charge in [0.05, 0.1) is 19.2 Å². The van der Waals surface area contributed by atoms with Crippen LogP contribution >= 0.6 is 11.6 Å². The first kappa shape index (κ1) is 22.0. The van der Waals surface area contributed by atoms with Crippen LogP contribution in [0.15, 0.2) is 12.7 Å². The van der Waals surface area contributed by atoms with Crippen LogP contribution in [-0.2, 0) is 14.3 Å². The van der Waals surface area contributed by atoms with Gasteiger partial charge in [-0.15, -0.1) is 0 Å². The highest BCUT2D eigenvalue weighted by atomic mass is 35.5. The van der Waals surface area contributed by atoms with Crippen LogP contribution in [0, 0.1) is 0 Å². The van der Waals surface area contributed by atoms with Gasteiger partial charge >= 0.3 is 0 Å². The Bertz CT molecular complexity index is 810. The molecule has 2 rings (SSSR count). The molecule has 2 aromatic rings. The number of hydrogen-bond acceptors (Lipinski definition) is 6. The first-order valence-corrected chi connectivity index (χ1v) is 11.8. The van der Waals surface area contributed by atoms with E-state index in [1.807, 2.05) is 4.57 Å². The summed E-state index contributed by atoms with van der Waals surface area (Å²) in [6, 6.07) is 0.0540. The Morgan fingerprint density at radius 2 is 1.78 bits per heavy atom. The molecule has 2 aromatic heterocycles. The monoisotopic (exact) mass is 416 g/mol. The zero-order valence-electron chi connectivity index (χ0n) is 16.1. The van der Waals surface area contributed by atoms with Crippen molar-refractivity contribution < 1.29 is 12.6 Å². The Labute approximate surface area is 166 Å². The second-order valence-corrected chi connectivity index (χ2v) is 8.87. The summed E-state index contributed by atoms with van der Waals surface area (Å²) in [7, 11) is -3.45. The van der Waals surface area contributed by atoms with Crippen LogP contribution in [-0.4, -0.2) is 40.8 Å². The summed E-state index contributed by atoms with van der Waals surface area (Å²) >= 11 is 6.10. The molecule has 0 aliphatic heterocycles. The van der Waals surface area contributed by atoms with Gasteiger partial charge in [-0.05, 0) is 12.8 Å². The van der Waals surface area contributed by atoms with Gasteiger partial charge in [-0.3, -0.25) is 4.18 Å². The average molecular weight is 417 g/mol. The smallest absolute Gasteiger partial charge is 0.264 e. The first-order chi connectivity index (χ1) is 12.9. The second-order valence-electron chi connectivity index (χ2n) is 6.87. The standard InChI is InChI=1S/C18H29ClN4O3S/c1-3-4-5-6-7-8-9-10-15(11-12-26-27(2,24)25)23-14-22-16-17(19)20-13-21-18(16)23/h13-15H,3-12H2,1-2H3. The number of halogens is 1. The molecule has 0 fully saturated rings. The summed E-state index contributed by atoms with van der Waals surface area (Å²) < 4.78 is 29.4. The van der Waals surface area contributed by atoms with E-state index >= 15 is 0 Å². The van der Waals surface area contributed by atoms with Crippen LogP contribution in [0.1, 0.15) is 70.8 Å². The van der Waals surface area contributed by atoms with Crippen molar-refractivity contribution in [3.63, 3.8) is 0 Å². The molecule has 9 heteroatoms. The highest BCUT2D eigenvalue weighted by molar-refractivity contribution is 7.85. The van der Waals surface area contributed by atoms with Crippen molar-refractivity contribution in [1.29, 1.82) is 0 Å². The lowest BCUT2D eigenvalue weighted by molar-refractivity contribution is 0.276. The van der Waals surface area contributed by atoms with E-state index in [9.17, 15) is 8.42 Å². The van der Waals surface area contributed by atoms with Gasteiger partial charge in [-0.25, -0.2) is 15.0 Å². The van der Waals surface area contributed by atoms with E-state index in [2.05, 4.69) is 21.9 Å². The Kier molecular flexibility index (Phi) is 8.92. The SMILES string of the molecule is CCCCCCCCCC(CCOS(C)(=O)=O)n1cnc2c(Cl)ncnc21. The van der Waals surface area contributed by atoms with Crippen LogP contribution < -0.4 is 0 Å². The highest BCUT2D eigenvalue weighted by Gasteiger charge is 2.17. The van der Waals surface area contributed by atoms with Gasteiger partial charge in [-0.1, -0.05) is 63.5 Å². The van der Waals surface area contributed by atoms with Crippen LogP contribution in [0.2, 0.25) is 5.15 Å². The third-order valence-corrected chi connectivity index (χ3v) is 5.47. The lowest BCUT2D eigenvalue weighted by Crippen LogP contribution is -2.14. The fourth-order valence-electron chi connectivity index (χ4n) is 3.19. The third kappa shape index (κ3) is 7.35. The topological polar surface area (TPSA) is 87.0 Å². The quantitative estimate of drug-likeness (QED) is 0.271. The fraction of sp³-hybridized carbons (Fsp3) is 0.722. The summed E-state index contributed by atoms with van der Waals surface area (Å²) in [6.45, 7) is 2.35. The molecule has 0 bridgehead atoms. The van der Waals surface area contributed by atoms with E-state index in [1.165, 1.54) is 38.4 Å².